The van der Waals surface area contributed by atoms with Gasteiger partial charge in [0.2, 0.25) is 6.41 Å². The molecule has 0 saturated carbocycles. The van der Waals surface area contributed by atoms with Crippen molar-refractivity contribution in [3.8, 4) is 0 Å². The first-order valence-corrected chi connectivity index (χ1v) is 11.2. The van der Waals surface area contributed by atoms with E-state index in [1.807, 2.05) is 33.0 Å². The second-order valence-corrected chi connectivity index (χ2v) is 9.25. The van der Waals surface area contributed by atoms with Crippen LogP contribution in [0, 0.1) is 0 Å². The summed E-state index contributed by atoms with van der Waals surface area (Å²) in [6.07, 6.45) is 7.01. The van der Waals surface area contributed by atoms with Gasteiger partial charge in [0.25, 0.3) is 6.47 Å². The van der Waals surface area contributed by atoms with Gasteiger partial charge in [0.1, 0.15) is 5.60 Å². The quantitative estimate of drug-likeness (QED) is 0.696. The number of aromatic nitrogens is 1. The largest absolute Gasteiger partial charge is 0.462 e. The number of rotatable bonds is 6. The van der Waals surface area contributed by atoms with E-state index in [4.69, 9.17) is 0 Å². The lowest BCUT2D eigenvalue weighted by atomic mass is 9.90. The zero-order chi connectivity index (χ0) is 23.0. The van der Waals surface area contributed by atoms with E-state index in [9.17, 15) is 9.59 Å². The number of nitrogens with one attached hydrogen (secondary N) is 1. The van der Waals surface area contributed by atoms with E-state index in [1.165, 1.54) is 24.0 Å². The average Bonchev–Trinajstić information content (AvgIpc) is 2.77. The molecule has 32 heavy (non-hydrogen) atoms. The Labute approximate surface area is 190 Å². The lowest BCUT2D eigenvalue weighted by Gasteiger charge is -2.44. The van der Waals surface area contributed by atoms with Crippen molar-refractivity contribution in [2.45, 2.75) is 51.0 Å². The fraction of sp³-hybridized carbons (Fsp3) is 0.480. The van der Waals surface area contributed by atoms with Gasteiger partial charge in [0.15, 0.2) is 0 Å². The lowest BCUT2D eigenvalue weighted by Crippen LogP contribution is -2.54. The van der Waals surface area contributed by atoms with Crippen molar-refractivity contribution >= 4 is 18.6 Å². The molecule has 7 nitrogen and oxygen atoms in total. The zero-order valence-corrected chi connectivity index (χ0v) is 19.2. The van der Waals surface area contributed by atoms with Gasteiger partial charge in [-0.3, -0.25) is 14.6 Å². The second kappa shape index (κ2) is 11.2. The van der Waals surface area contributed by atoms with Crippen LogP contribution in [0.1, 0.15) is 56.6 Å². The summed E-state index contributed by atoms with van der Waals surface area (Å²) in [4.78, 5) is 25.4. The van der Waals surface area contributed by atoms with E-state index in [0.29, 0.717) is 18.3 Å². The van der Waals surface area contributed by atoms with Crippen molar-refractivity contribution in [1.29, 1.82) is 0 Å². The minimum atomic E-state index is -0.318. The number of hydrogen-bond acceptors (Lipinski definition) is 6. The molecule has 1 amide bonds. The van der Waals surface area contributed by atoms with Crippen molar-refractivity contribution < 1.29 is 14.3 Å². The van der Waals surface area contributed by atoms with Gasteiger partial charge in [-0.05, 0) is 81.9 Å². The number of pyridine rings is 1. The molecule has 2 saturated heterocycles. The number of benzene rings is 1. The van der Waals surface area contributed by atoms with Crippen molar-refractivity contribution in [1.82, 2.24) is 15.3 Å². The molecule has 7 heteroatoms. The number of amides is 1. The van der Waals surface area contributed by atoms with Gasteiger partial charge >= 0.3 is 0 Å². The molecule has 0 bridgehead atoms. The highest BCUT2D eigenvalue weighted by Crippen LogP contribution is 2.31. The van der Waals surface area contributed by atoms with Crippen molar-refractivity contribution in [2.75, 3.05) is 31.2 Å². The predicted molar refractivity (Wildman–Crippen MR) is 125 cm³/mol. The molecule has 0 atom stereocenters. The Balaban J connectivity index is 0.000000360. The lowest BCUT2D eigenvalue weighted by molar-refractivity contribution is -0.138. The molecule has 1 aromatic carbocycles. The number of nitrogens with zero attached hydrogens (tertiary/aromatic N) is 3. The summed E-state index contributed by atoms with van der Waals surface area (Å²) in [6.45, 7) is 9.80. The summed E-state index contributed by atoms with van der Waals surface area (Å²) in [5.41, 5.74) is 3.25. The highest BCUT2D eigenvalue weighted by molar-refractivity contribution is 5.74. The molecular formula is C25H34N4O3. The van der Waals surface area contributed by atoms with E-state index in [1.54, 1.807) is 11.2 Å². The molecule has 2 aromatic rings. The van der Waals surface area contributed by atoms with Gasteiger partial charge in [-0.25, -0.2) is 10.0 Å². The summed E-state index contributed by atoms with van der Waals surface area (Å²) < 4.78 is 4.55. The number of anilines is 1. The topological polar surface area (TPSA) is 74.8 Å². The predicted octanol–water partition coefficient (Wildman–Crippen LogP) is 3.48. The van der Waals surface area contributed by atoms with E-state index < -0.39 is 0 Å². The first-order chi connectivity index (χ1) is 15.4. The molecule has 2 aliphatic heterocycles. The van der Waals surface area contributed by atoms with Gasteiger partial charge < -0.3 is 10.1 Å². The summed E-state index contributed by atoms with van der Waals surface area (Å²) in [7, 11) is 0. The fourth-order valence-electron chi connectivity index (χ4n) is 3.95. The summed E-state index contributed by atoms with van der Waals surface area (Å²) in [5, 5.41) is 7.23. The fourth-order valence-corrected chi connectivity index (χ4v) is 3.95. The van der Waals surface area contributed by atoms with Crippen LogP contribution in [0.3, 0.4) is 0 Å². The van der Waals surface area contributed by atoms with E-state index in [0.717, 1.165) is 38.3 Å². The third-order valence-corrected chi connectivity index (χ3v) is 5.79. The normalized spacial score (nSPS) is 17.5. The van der Waals surface area contributed by atoms with E-state index >= 15 is 0 Å². The summed E-state index contributed by atoms with van der Waals surface area (Å²) >= 11 is 0. The second-order valence-electron chi connectivity index (χ2n) is 9.25. The van der Waals surface area contributed by atoms with Gasteiger partial charge in [-0.1, -0.05) is 18.2 Å². The molecule has 2 fully saturated rings. The Hall–Kier alpha value is -2.77. The van der Waals surface area contributed by atoms with Crippen LogP contribution in [0.5, 0.6) is 0 Å². The van der Waals surface area contributed by atoms with Gasteiger partial charge in [-0.2, -0.15) is 0 Å². The smallest absolute Gasteiger partial charge is 0.293 e. The Morgan fingerprint density at radius 2 is 1.72 bits per heavy atom. The minimum Gasteiger partial charge on any atom is -0.462 e. The molecule has 0 spiro atoms. The molecule has 0 aliphatic carbocycles. The Kier molecular flexibility index (Phi) is 8.36. The van der Waals surface area contributed by atoms with Crippen molar-refractivity contribution in [2.24, 2.45) is 0 Å². The number of hydrazine groups is 1. The Bertz CT molecular complexity index is 840. The molecular weight excluding hydrogens is 404 g/mol. The van der Waals surface area contributed by atoms with Crippen molar-refractivity contribution in [3.63, 3.8) is 0 Å². The maximum Gasteiger partial charge on any atom is 0.293 e. The number of hydrogen-bond donors (Lipinski definition) is 1. The van der Waals surface area contributed by atoms with Crippen LogP contribution in [0.2, 0.25) is 0 Å². The maximum atomic E-state index is 11.6. The number of ether oxygens (including phenoxy) is 1. The van der Waals surface area contributed by atoms with Gasteiger partial charge in [-0.15, -0.1) is 0 Å². The van der Waals surface area contributed by atoms with E-state index in [-0.39, 0.29) is 5.60 Å². The third-order valence-electron chi connectivity index (χ3n) is 5.79. The summed E-state index contributed by atoms with van der Waals surface area (Å²) in [6, 6.07) is 12.6. The SMILES string of the molecule is CC(C)(C)OC=O.O=CN(c1ccc(C2CCNCC2)cc1)N1CC(c2cccnc2)C1. The van der Waals surface area contributed by atoms with Crippen LogP contribution < -0.4 is 10.3 Å². The van der Waals surface area contributed by atoms with Gasteiger partial charge in [0.05, 0.1) is 5.69 Å². The molecule has 1 N–H and O–H groups in total. The molecule has 3 heterocycles. The molecule has 0 unspecified atom stereocenters. The molecule has 2 aliphatic rings. The van der Waals surface area contributed by atoms with Crippen LogP contribution in [0.15, 0.2) is 48.8 Å². The summed E-state index contributed by atoms with van der Waals surface area (Å²) in [5.74, 6) is 1.09. The third kappa shape index (κ3) is 6.61. The zero-order valence-electron chi connectivity index (χ0n) is 19.2. The van der Waals surface area contributed by atoms with E-state index in [2.05, 4.69) is 50.4 Å². The number of piperidine rings is 1. The van der Waals surface area contributed by atoms with Crippen molar-refractivity contribution in [3.05, 3.63) is 59.9 Å². The van der Waals surface area contributed by atoms with Crippen LogP contribution in [-0.2, 0) is 14.3 Å². The molecule has 0 radical (unpaired) electrons. The van der Waals surface area contributed by atoms with Crippen LogP contribution in [0.4, 0.5) is 5.69 Å². The molecule has 172 valence electrons. The Morgan fingerprint density at radius 3 is 2.22 bits per heavy atom. The van der Waals surface area contributed by atoms with Crippen LogP contribution in [0.25, 0.3) is 0 Å². The standard InChI is InChI=1S/C20H24N4O.C5H10O2/c25-15-24(23-13-19(14-23)18-2-1-9-22-12-18)20-5-3-16(4-6-20)17-7-10-21-11-8-17;1-5(2,3)7-4-6/h1-6,9,12,15,17,19,21H,7-8,10-11,13-14H2;4H,1-3H3. The Morgan fingerprint density at radius 1 is 1.03 bits per heavy atom. The minimum absolute atomic E-state index is 0.318. The average molecular weight is 439 g/mol. The van der Waals surface area contributed by atoms with Gasteiger partial charge in [0, 0.05) is 31.4 Å². The van der Waals surface area contributed by atoms with Crippen LogP contribution in [-0.4, -0.2) is 54.7 Å². The molecule has 1 aromatic heterocycles. The first kappa shape index (κ1) is 23.9. The highest BCUT2D eigenvalue weighted by atomic mass is 16.5. The first-order valence-electron chi connectivity index (χ1n) is 11.2. The van der Waals surface area contributed by atoms with Crippen LogP contribution >= 0.6 is 0 Å². The molecule has 4 rings (SSSR count). The monoisotopic (exact) mass is 438 g/mol. The number of carbonyl (C=O) groups is 2. The number of carbonyl (C=O) groups excluding carboxylic acids is 2. The maximum absolute atomic E-state index is 11.6. The highest BCUT2D eigenvalue weighted by Gasteiger charge is 2.32.